The summed E-state index contributed by atoms with van der Waals surface area (Å²) in [5.74, 6) is 0. The van der Waals surface area contributed by atoms with Gasteiger partial charge in [0.1, 0.15) is 0 Å². The molecule has 5 nitrogen and oxygen atoms in total. The zero-order valence-electron chi connectivity index (χ0n) is 12.9. The molecule has 0 aromatic heterocycles. The number of urea groups is 1. The Kier molecular flexibility index (Phi) is 4.95. The topological polar surface area (TPSA) is 61.8 Å². The highest BCUT2D eigenvalue weighted by Gasteiger charge is 2.25. The van der Waals surface area contributed by atoms with E-state index in [2.05, 4.69) is 5.32 Å². The van der Waals surface area contributed by atoms with Crippen molar-refractivity contribution >= 4 is 11.7 Å². The average molecular weight is 304 g/mol. The van der Waals surface area contributed by atoms with Crippen LogP contribution in [0.4, 0.5) is 10.5 Å². The molecule has 2 amide bonds. The molecule has 0 radical (unpaired) electrons. The summed E-state index contributed by atoms with van der Waals surface area (Å²) in [5, 5.41) is 12.2. The maximum Gasteiger partial charge on any atom is 0.322 e. The van der Waals surface area contributed by atoms with E-state index in [1.807, 2.05) is 18.2 Å². The van der Waals surface area contributed by atoms with Gasteiger partial charge in [0.05, 0.1) is 19.8 Å². The monoisotopic (exact) mass is 304 g/mol. The first-order chi connectivity index (χ1) is 10.8. The lowest BCUT2D eigenvalue weighted by Crippen LogP contribution is -2.45. The first kappa shape index (κ1) is 15.3. The molecular weight excluding hydrogens is 280 g/mol. The molecule has 120 valence electrons. The molecule has 0 bridgehead atoms. The summed E-state index contributed by atoms with van der Waals surface area (Å²) in [5.41, 5.74) is 3.13. The van der Waals surface area contributed by atoms with Crippen molar-refractivity contribution in [3.05, 3.63) is 29.3 Å². The van der Waals surface area contributed by atoms with Gasteiger partial charge in [-0.1, -0.05) is 25.3 Å². The Morgan fingerprint density at radius 1 is 1.23 bits per heavy atom. The van der Waals surface area contributed by atoms with E-state index >= 15 is 0 Å². The normalized spacial score (nSPS) is 18.0. The molecule has 2 N–H and O–H groups in total. The third-order valence-electron chi connectivity index (χ3n) is 4.59. The van der Waals surface area contributed by atoms with Crippen molar-refractivity contribution in [1.82, 2.24) is 4.90 Å². The SMILES string of the molecule is O=C(Nc1ccc2c(c1)COC2)N(CCO)C1CCCCC1. The molecule has 5 heteroatoms. The van der Waals surface area contributed by atoms with Gasteiger partial charge in [0.15, 0.2) is 0 Å². The zero-order valence-corrected chi connectivity index (χ0v) is 12.9. The summed E-state index contributed by atoms with van der Waals surface area (Å²) in [6.45, 7) is 1.66. The van der Waals surface area contributed by atoms with Crippen LogP contribution in [0.3, 0.4) is 0 Å². The summed E-state index contributed by atoms with van der Waals surface area (Å²) < 4.78 is 5.40. The lowest BCUT2D eigenvalue weighted by molar-refractivity contribution is 0.134. The van der Waals surface area contributed by atoms with Crippen LogP contribution in [0.1, 0.15) is 43.2 Å². The Bertz CT molecular complexity index is 527. The molecule has 22 heavy (non-hydrogen) atoms. The van der Waals surface area contributed by atoms with Gasteiger partial charge >= 0.3 is 6.03 Å². The molecule has 0 saturated heterocycles. The van der Waals surface area contributed by atoms with Crippen LogP contribution in [0.25, 0.3) is 0 Å². The van der Waals surface area contributed by atoms with Crippen LogP contribution in [0, 0.1) is 0 Å². The highest BCUT2D eigenvalue weighted by atomic mass is 16.5. The lowest BCUT2D eigenvalue weighted by Gasteiger charge is -2.34. The summed E-state index contributed by atoms with van der Waals surface area (Å²) in [6, 6.07) is 6.05. The van der Waals surface area contributed by atoms with Crippen LogP contribution in [-0.2, 0) is 18.0 Å². The van der Waals surface area contributed by atoms with Gasteiger partial charge in [-0.3, -0.25) is 0 Å². The molecule has 0 spiro atoms. The number of benzene rings is 1. The number of rotatable bonds is 4. The number of hydrogen-bond donors (Lipinski definition) is 2. The molecular formula is C17H24N2O3. The fourth-order valence-corrected chi connectivity index (χ4v) is 3.40. The van der Waals surface area contributed by atoms with E-state index in [4.69, 9.17) is 4.74 Å². The molecule has 1 aliphatic carbocycles. The van der Waals surface area contributed by atoms with Crippen molar-refractivity contribution in [1.29, 1.82) is 0 Å². The van der Waals surface area contributed by atoms with Gasteiger partial charge < -0.3 is 20.1 Å². The molecule has 1 aliphatic heterocycles. The van der Waals surface area contributed by atoms with Crippen LogP contribution in [0.2, 0.25) is 0 Å². The van der Waals surface area contributed by atoms with Crippen molar-refractivity contribution in [2.75, 3.05) is 18.5 Å². The van der Waals surface area contributed by atoms with Gasteiger partial charge in [0.2, 0.25) is 0 Å². The van der Waals surface area contributed by atoms with E-state index in [1.54, 1.807) is 4.90 Å². The van der Waals surface area contributed by atoms with Crippen LogP contribution < -0.4 is 5.32 Å². The number of carbonyl (C=O) groups is 1. The number of fused-ring (bicyclic) bond motifs is 1. The molecule has 3 rings (SSSR count). The number of carbonyl (C=O) groups excluding carboxylic acids is 1. The molecule has 1 aromatic carbocycles. The van der Waals surface area contributed by atoms with Crippen molar-refractivity contribution in [3.8, 4) is 0 Å². The van der Waals surface area contributed by atoms with Crippen LogP contribution in [0.5, 0.6) is 0 Å². The second-order valence-electron chi connectivity index (χ2n) is 6.12. The Morgan fingerprint density at radius 2 is 2.00 bits per heavy atom. The number of aliphatic hydroxyl groups is 1. The van der Waals surface area contributed by atoms with Gasteiger partial charge in [-0.15, -0.1) is 0 Å². The third kappa shape index (κ3) is 3.42. The maximum atomic E-state index is 12.6. The molecule has 0 atom stereocenters. The van der Waals surface area contributed by atoms with Crippen molar-refractivity contribution in [2.24, 2.45) is 0 Å². The predicted molar refractivity (Wildman–Crippen MR) is 84.6 cm³/mol. The summed E-state index contributed by atoms with van der Waals surface area (Å²) in [7, 11) is 0. The predicted octanol–water partition coefficient (Wildman–Crippen LogP) is 2.88. The first-order valence-corrected chi connectivity index (χ1v) is 8.16. The van der Waals surface area contributed by atoms with E-state index in [1.165, 1.54) is 12.0 Å². The van der Waals surface area contributed by atoms with E-state index in [-0.39, 0.29) is 18.7 Å². The Hall–Kier alpha value is -1.59. The number of amides is 2. The van der Waals surface area contributed by atoms with E-state index in [9.17, 15) is 9.90 Å². The molecule has 1 aromatic rings. The first-order valence-electron chi connectivity index (χ1n) is 8.16. The average Bonchev–Trinajstić information content (AvgIpc) is 3.01. The lowest BCUT2D eigenvalue weighted by atomic mass is 9.94. The van der Waals surface area contributed by atoms with Gasteiger partial charge in [0, 0.05) is 18.3 Å². The summed E-state index contributed by atoms with van der Waals surface area (Å²) in [6.07, 6.45) is 5.64. The Balaban J connectivity index is 1.67. The summed E-state index contributed by atoms with van der Waals surface area (Å²) >= 11 is 0. The third-order valence-corrected chi connectivity index (χ3v) is 4.59. The van der Waals surface area contributed by atoms with E-state index < -0.39 is 0 Å². The number of nitrogens with one attached hydrogen (secondary N) is 1. The fourth-order valence-electron chi connectivity index (χ4n) is 3.40. The van der Waals surface area contributed by atoms with E-state index in [0.717, 1.165) is 36.9 Å². The van der Waals surface area contributed by atoms with Crippen molar-refractivity contribution < 1.29 is 14.6 Å². The van der Waals surface area contributed by atoms with Crippen LogP contribution in [0.15, 0.2) is 18.2 Å². The molecule has 2 aliphatic rings. The van der Waals surface area contributed by atoms with Gasteiger partial charge in [-0.05, 0) is 36.1 Å². The van der Waals surface area contributed by atoms with E-state index in [0.29, 0.717) is 19.8 Å². The van der Waals surface area contributed by atoms with Crippen molar-refractivity contribution in [2.45, 2.75) is 51.4 Å². The zero-order chi connectivity index (χ0) is 15.4. The Labute approximate surface area is 131 Å². The van der Waals surface area contributed by atoms with Gasteiger partial charge in [-0.2, -0.15) is 0 Å². The second-order valence-corrected chi connectivity index (χ2v) is 6.12. The van der Waals surface area contributed by atoms with Gasteiger partial charge in [0.25, 0.3) is 0 Å². The van der Waals surface area contributed by atoms with Crippen LogP contribution >= 0.6 is 0 Å². The minimum atomic E-state index is -0.111. The number of aliphatic hydroxyl groups excluding tert-OH is 1. The second kappa shape index (κ2) is 7.11. The number of hydrogen-bond acceptors (Lipinski definition) is 3. The Morgan fingerprint density at radius 3 is 2.77 bits per heavy atom. The maximum absolute atomic E-state index is 12.6. The molecule has 1 heterocycles. The van der Waals surface area contributed by atoms with Crippen LogP contribution in [-0.4, -0.2) is 35.2 Å². The minimum Gasteiger partial charge on any atom is -0.395 e. The minimum absolute atomic E-state index is 0.00193. The summed E-state index contributed by atoms with van der Waals surface area (Å²) in [4.78, 5) is 14.4. The fraction of sp³-hybridized carbons (Fsp3) is 0.588. The molecule has 1 saturated carbocycles. The molecule has 1 fully saturated rings. The number of ether oxygens (including phenoxy) is 1. The number of anilines is 1. The quantitative estimate of drug-likeness (QED) is 0.899. The number of nitrogens with zero attached hydrogens (tertiary/aromatic N) is 1. The molecule has 0 unspecified atom stereocenters. The smallest absolute Gasteiger partial charge is 0.322 e. The largest absolute Gasteiger partial charge is 0.395 e. The highest BCUT2D eigenvalue weighted by molar-refractivity contribution is 5.89. The van der Waals surface area contributed by atoms with Gasteiger partial charge in [-0.25, -0.2) is 4.79 Å². The standard InChI is InChI=1S/C17H24N2O3/c20-9-8-19(16-4-2-1-3-5-16)17(21)18-15-7-6-13-11-22-12-14(13)10-15/h6-7,10,16,20H,1-5,8-9,11-12H2,(H,18,21). The highest BCUT2D eigenvalue weighted by Crippen LogP contribution is 2.25. The van der Waals surface area contributed by atoms with Crippen molar-refractivity contribution in [3.63, 3.8) is 0 Å².